The Morgan fingerprint density at radius 1 is 1.10 bits per heavy atom. The van der Waals surface area contributed by atoms with Crippen LogP contribution in [0.4, 0.5) is 0 Å². The van der Waals surface area contributed by atoms with E-state index in [1.54, 1.807) is 0 Å². The molecule has 2 aliphatic rings. The van der Waals surface area contributed by atoms with Crippen molar-refractivity contribution in [2.24, 2.45) is 5.92 Å². The molecule has 0 bridgehead atoms. The molecule has 1 amide bonds. The van der Waals surface area contributed by atoms with Crippen molar-refractivity contribution in [3.05, 3.63) is 0 Å². The van der Waals surface area contributed by atoms with Gasteiger partial charge in [-0.2, -0.15) is 0 Å². The molecule has 0 N–H and O–H groups in total. The van der Waals surface area contributed by atoms with Crippen molar-refractivity contribution in [3.63, 3.8) is 0 Å². The van der Waals surface area contributed by atoms with Crippen LogP contribution in [-0.2, 0) is 4.79 Å². The van der Waals surface area contributed by atoms with Crippen LogP contribution in [0.3, 0.4) is 0 Å². The van der Waals surface area contributed by atoms with Gasteiger partial charge >= 0.3 is 0 Å². The largest absolute Gasteiger partial charge is 0.341 e. The van der Waals surface area contributed by atoms with Crippen LogP contribution in [0.2, 0.25) is 0 Å². The second-order valence-electron chi connectivity index (χ2n) is 6.14. The van der Waals surface area contributed by atoms with E-state index in [1.165, 1.54) is 6.42 Å². The van der Waals surface area contributed by atoms with E-state index in [0.29, 0.717) is 24.4 Å². The van der Waals surface area contributed by atoms with E-state index >= 15 is 0 Å². The van der Waals surface area contributed by atoms with Gasteiger partial charge in [0.1, 0.15) is 0 Å². The number of piperazine rings is 1. The molecule has 0 aromatic carbocycles. The van der Waals surface area contributed by atoms with Gasteiger partial charge in [-0.1, -0.05) is 20.8 Å². The summed E-state index contributed by atoms with van der Waals surface area (Å²) in [5, 5.41) is 0. The van der Waals surface area contributed by atoms with Gasteiger partial charge in [0.15, 0.2) is 0 Å². The minimum atomic E-state index is 0.331. The van der Waals surface area contributed by atoms with Crippen molar-refractivity contribution in [2.75, 3.05) is 45.8 Å². The molecule has 2 rings (SSSR count). The van der Waals surface area contributed by atoms with Crippen molar-refractivity contribution in [1.82, 2.24) is 14.7 Å². The maximum Gasteiger partial charge on any atom is 0.236 e. The summed E-state index contributed by atoms with van der Waals surface area (Å²) in [5.41, 5.74) is 0. The molecule has 1 atom stereocenters. The molecule has 118 valence electrons. The number of hydrogen-bond donors (Lipinski definition) is 0. The zero-order valence-electron chi connectivity index (χ0n) is 14.1. The smallest absolute Gasteiger partial charge is 0.236 e. The summed E-state index contributed by atoms with van der Waals surface area (Å²) in [6.07, 6.45) is 1.17. The summed E-state index contributed by atoms with van der Waals surface area (Å²) in [6.45, 7) is 17.5. The first-order valence-corrected chi connectivity index (χ1v) is 8.30. The minimum Gasteiger partial charge on any atom is -0.341 e. The van der Waals surface area contributed by atoms with Crippen LogP contribution < -0.4 is 0 Å². The third kappa shape index (κ3) is 5.06. The van der Waals surface area contributed by atoms with Crippen molar-refractivity contribution in [3.8, 4) is 0 Å². The molecule has 0 aromatic heterocycles. The molecule has 20 heavy (non-hydrogen) atoms. The summed E-state index contributed by atoms with van der Waals surface area (Å²) in [6, 6.07) is 0.627. The highest BCUT2D eigenvalue weighted by Crippen LogP contribution is 2.15. The van der Waals surface area contributed by atoms with Gasteiger partial charge < -0.3 is 4.90 Å². The zero-order valence-corrected chi connectivity index (χ0v) is 14.1. The van der Waals surface area contributed by atoms with E-state index in [1.807, 2.05) is 18.7 Å². The van der Waals surface area contributed by atoms with Crippen molar-refractivity contribution in [2.45, 2.75) is 47.1 Å². The lowest BCUT2D eigenvalue weighted by molar-refractivity contribution is -0.132. The Morgan fingerprint density at radius 3 is 2.15 bits per heavy atom. The molecule has 2 aliphatic heterocycles. The Kier molecular flexibility index (Phi) is 7.52. The van der Waals surface area contributed by atoms with E-state index < -0.39 is 0 Å². The predicted octanol–water partition coefficient (Wildman–Crippen LogP) is 1.91. The second-order valence-corrected chi connectivity index (χ2v) is 6.14. The van der Waals surface area contributed by atoms with E-state index in [2.05, 4.69) is 30.6 Å². The van der Waals surface area contributed by atoms with Gasteiger partial charge in [0.25, 0.3) is 0 Å². The number of nitrogens with zero attached hydrogens (tertiary/aromatic N) is 3. The number of amides is 1. The van der Waals surface area contributed by atoms with Gasteiger partial charge in [0.2, 0.25) is 5.91 Å². The second kappa shape index (κ2) is 8.63. The highest BCUT2D eigenvalue weighted by Gasteiger charge is 2.26. The fourth-order valence-electron chi connectivity index (χ4n) is 2.89. The van der Waals surface area contributed by atoms with E-state index in [0.717, 1.165) is 39.3 Å². The Labute approximate surface area is 125 Å². The topological polar surface area (TPSA) is 26.8 Å². The maximum atomic E-state index is 12.1. The van der Waals surface area contributed by atoms with Gasteiger partial charge in [-0.15, -0.1) is 0 Å². The average molecular weight is 283 g/mol. The molecule has 4 nitrogen and oxygen atoms in total. The Morgan fingerprint density at radius 2 is 1.70 bits per heavy atom. The normalized spacial score (nSPS) is 24.7. The molecule has 0 saturated carbocycles. The maximum absolute atomic E-state index is 12.1. The fraction of sp³-hybridized carbons (Fsp3) is 0.938. The van der Waals surface area contributed by atoms with Crippen LogP contribution in [0.15, 0.2) is 0 Å². The van der Waals surface area contributed by atoms with Crippen LogP contribution in [0.1, 0.15) is 41.0 Å². The van der Waals surface area contributed by atoms with Crippen molar-refractivity contribution >= 4 is 5.91 Å². The standard InChI is InChI=1S/C14H27N3O.C2H6/c1-12(2)16-8-6-15(7-9-16)11-14(18)17-5-4-13(3)10-17;1-2/h12-13H,4-11H2,1-3H3;1-2H3. The number of likely N-dealkylation sites (tertiary alicyclic amines) is 1. The molecule has 2 heterocycles. The third-order valence-electron chi connectivity index (χ3n) is 4.27. The first kappa shape index (κ1) is 17.4. The van der Waals surface area contributed by atoms with Crippen LogP contribution >= 0.6 is 0 Å². The Hall–Kier alpha value is -0.610. The highest BCUT2D eigenvalue weighted by atomic mass is 16.2. The van der Waals surface area contributed by atoms with Crippen LogP contribution in [0.5, 0.6) is 0 Å². The lowest BCUT2D eigenvalue weighted by Gasteiger charge is -2.37. The summed E-state index contributed by atoms with van der Waals surface area (Å²) in [5.74, 6) is 1.02. The molecule has 0 aromatic rings. The van der Waals surface area contributed by atoms with E-state index in [-0.39, 0.29) is 0 Å². The average Bonchev–Trinajstić information content (AvgIpc) is 2.88. The molecule has 1 unspecified atom stereocenters. The monoisotopic (exact) mass is 283 g/mol. The number of rotatable bonds is 3. The molecule has 0 spiro atoms. The summed E-state index contributed by atoms with van der Waals surface area (Å²) in [7, 11) is 0. The lowest BCUT2D eigenvalue weighted by atomic mass is 10.2. The van der Waals surface area contributed by atoms with Crippen LogP contribution in [0.25, 0.3) is 0 Å². The summed E-state index contributed by atoms with van der Waals surface area (Å²) in [4.78, 5) is 19.0. The number of hydrogen-bond acceptors (Lipinski definition) is 3. The van der Waals surface area contributed by atoms with Gasteiger partial charge in [-0.25, -0.2) is 0 Å². The van der Waals surface area contributed by atoms with E-state index in [4.69, 9.17) is 0 Å². The Bertz CT molecular complexity index is 285. The first-order chi connectivity index (χ1) is 9.56. The lowest BCUT2D eigenvalue weighted by Crippen LogP contribution is -2.51. The summed E-state index contributed by atoms with van der Waals surface area (Å²) < 4.78 is 0. The van der Waals surface area contributed by atoms with Crippen LogP contribution in [-0.4, -0.2) is 72.5 Å². The van der Waals surface area contributed by atoms with Gasteiger partial charge in [0, 0.05) is 45.3 Å². The minimum absolute atomic E-state index is 0.331. The van der Waals surface area contributed by atoms with E-state index in [9.17, 15) is 4.79 Å². The van der Waals surface area contributed by atoms with Crippen LogP contribution in [0, 0.1) is 5.92 Å². The van der Waals surface area contributed by atoms with Crippen molar-refractivity contribution < 1.29 is 4.79 Å². The summed E-state index contributed by atoms with van der Waals surface area (Å²) >= 11 is 0. The molecule has 4 heteroatoms. The molecule has 0 radical (unpaired) electrons. The SMILES string of the molecule is CC.CC1CCN(C(=O)CN2CCN(C(C)C)CC2)C1. The fourth-order valence-corrected chi connectivity index (χ4v) is 2.89. The van der Waals surface area contributed by atoms with Gasteiger partial charge in [-0.05, 0) is 26.2 Å². The molecular formula is C16H33N3O. The molecular weight excluding hydrogens is 250 g/mol. The molecule has 2 saturated heterocycles. The Balaban J connectivity index is 0.000000956. The quantitative estimate of drug-likeness (QED) is 0.791. The van der Waals surface area contributed by atoms with Gasteiger partial charge in [-0.3, -0.25) is 14.6 Å². The zero-order chi connectivity index (χ0) is 15.1. The molecule has 2 fully saturated rings. The number of carbonyl (C=O) groups excluding carboxylic acids is 1. The van der Waals surface area contributed by atoms with Crippen molar-refractivity contribution in [1.29, 1.82) is 0 Å². The predicted molar refractivity (Wildman–Crippen MR) is 84.9 cm³/mol. The third-order valence-corrected chi connectivity index (χ3v) is 4.27. The molecule has 0 aliphatic carbocycles. The highest BCUT2D eigenvalue weighted by molar-refractivity contribution is 5.78. The first-order valence-electron chi connectivity index (χ1n) is 8.30. The van der Waals surface area contributed by atoms with Gasteiger partial charge in [0.05, 0.1) is 6.54 Å². The number of carbonyl (C=O) groups is 1.